The van der Waals surface area contributed by atoms with Crippen molar-refractivity contribution in [2.24, 2.45) is 0 Å². The van der Waals surface area contributed by atoms with Crippen LogP contribution >= 0.6 is 23.2 Å². The number of nitrogens with zero attached hydrogens (tertiary/aromatic N) is 3. The van der Waals surface area contributed by atoms with Crippen LogP contribution in [0, 0.1) is 0 Å². The van der Waals surface area contributed by atoms with Gasteiger partial charge < -0.3 is 14.2 Å². The summed E-state index contributed by atoms with van der Waals surface area (Å²) < 4.78 is 33.2. The van der Waals surface area contributed by atoms with E-state index in [4.69, 9.17) is 27.6 Å². The molecule has 6 nitrogen and oxygen atoms in total. The van der Waals surface area contributed by atoms with E-state index in [1.54, 1.807) is 54.6 Å². The van der Waals surface area contributed by atoms with Crippen molar-refractivity contribution in [2.75, 3.05) is 36.0 Å². The highest BCUT2D eigenvalue weighted by molar-refractivity contribution is 7.91. The number of benzene rings is 3. The first-order valence-electron chi connectivity index (χ1n) is 10.7. The first kappa shape index (κ1) is 22.8. The first-order valence-corrected chi connectivity index (χ1v) is 13.0. The Bertz CT molecular complexity index is 1420. The fourth-order valence-corrected chi connectivity index (χ4v) is 5.72. The van der Waals surface area contributed by atoms with E-state index in [2.05, 4.69) is 9.88 Å². The number of rotatable bonds is 5. The van der Waals surface area contributed by atoms with E-state index in [0.717, 1.165) is 5.69 Å². The molecule has 1 aliphatic rings. The van der Waals surface area contributed by atoms with Gasteiger partial charge in [-0.15, -0.1) is 0 Å². The molecule has 1 saturated heterocycles. The molecule has 0 aliphatic carbocycles. The molecule has 0 amide bonds. The van der Waals surface area contributed by atoms with Crippen LogP contribution in [0.4, 0.5) is 11.6 Å². The van der Waals surface area contributed by atoms with Crippen LogP contribution in [0.2, 0.25) is 10.0 Å². The Kier molecular flexibility index (Phi) is 6.25. The molecule has 9 heteroatoms. The van der Waals surface area contributed by atoms with Crippen molar-refractivity contribution in [3.8, 4) is 11.5 Å². The minimum atomic E-state index is -3.91. The van der Waals surface area contributed by atoms with Crippen LogP contribution in [0.15, 0.2) is 93.2 Å². The SMILES string of the molecule is O=S(=O)(c1ccccc1)c1nc(-c2ccccc2Cl)oc1N1CCN(c2cccc(Cl)c2)CC1. The fraction of sp³-hybridized carbons (Fsp3) is 0.160. The maximum Gasteiger partial charge on any atom is 0.236 e. The maximum atomic E-state index is 13.5. The molecule has 174 valence electrons. The molecule has 3 aromatic carbocycles. The monoisotopic (exact) mass is 513 g/mol. The van der Waals surface area contributed by atoms with Gasteiger partial charge in [-0.25, -0.2) is 8.42 Å². The quantitative estimate of drug-likeness (QED) is 0.335. The third-order valence-corrected chi connectivity index (χ3v) is 7.96. The fourth-order valence-electron chi connectivity index (χ4n) is 3.97. The lowest BCUT2D eigenvalue weighted by Crippen LogP contribution is -2.46. The van der Waals surface area contributed by atoms with E-state index in [1.165, 1.54) is 0 Å². The zero-order valence-electron chi connectivity index (χ0n) is 18.1. The Labute approximate surface area is 208 Å². The second-order valence-corrected chi connectivity index (χ2v) is 10.6. The number of anilines is 2. The minimum absolute atomic E-state index is 0.107. The van der Waals surface area contributed by atoms with Gasteiger partial charge in [-0.2, -0.15) is 4.98 Å². The van der Waals surface area contributed by atoms with Crippen molar-refractivity contribution in [3.05, 3.63) is 88.9 Å². The molecular formula is C25H21Cl2N3O3S. The van der Waals surface area contributed by atoms with Gasteiger partial charge in [0.2, 0.25) is 26.6 Å². The lowest BCUT2D eigenvalue weighted by molar-refractivity contribution is 0.525. The van der Waals surface area contributed by atoms with Crippen LogP contribution in [0.1, 0.15) is 0 Å². The van der Waals surface area contributed by atoms with Crippen molar-refractivity contribution >= 4 is 44.6 Å². The van der Waals surface area contributed by atoms with Gasteiger partial charge in [-0.1, -0.05) is 59.6 Å². The number of halogens is 2. The summed E-state index contributed by atoms with van der Waals surface area (Å²) in [5.41, 5.74) is 1.57. The summed E-state index contributed by atoms with van der Waals surface area (Å²) >= 11 is 12.5. The van der Waals surface area contributed by atoms with Crippen molar-refractivity contribution in [1.82, 2.24) is 4.98 Å². The van der Waals surface area contributed by atoms with Gasteiger partial charge in [0, 0.05) is 36.9 Å². The van der Waals surface area contributed by atoms with Gasteiger partial charge in [-0.3, -0.25) is 0 Å². The predicted molar refractivity (Wildman–Crippen MR) is 135 cm³/mol. The van der Waals surface area contributed by atoms with Crippen LogP contribution in [-0.2, 0) is 9.84 Å². The van der Waals surface area contributed by atoms with Crippen molar-refractivity contribution in [3.63, 3.8) is 0 Å². The smallest absolute Gasteiger partial charge is 0.236 e. The number of oxazole rings is 1. The minimum Gasteiger partial charge on any atom is -0.419 e. The Hall–Kier alpha value is -3.00. The summed E-state index contributed by atoms with van der Waals surface area (Å²) in [5, 5.41) is 1.00. The van der Waals surface area contributed by atoms with Gasteiger partial charge in [0.1, 0.15) is 0 Å². The molecule has 0 spiro atoms. The lowest BCUT2D eigenvalue weighted by Gasteiger charge is -2.36. The summed E-state index contributed by atoms with van der Waals surface area (Å²) in [6.45, 7) is 2.46. The topological polar surface area (TPSA) is 66.7 Å². The Morgan fingerprint density at radius 1 is 0.794 bits per heavy atom. The van der Waals surface area contributed by atoms with Crippen LogP contribution in [0.25, 0.3) is 11.5 Å². The second kappa shape index (κ2) is 9.33. The van der Waals surface area contributed by atoms with Crippen molar-refractivity contribution in [2.45, 2.75) is 9.92 Å². The number of sulfone groups is 1. The lowest BCUT2D eigenvalue weighted by atomic mass is 10.2. The Morgan fingerprint density at radius 3 is 2.18 bits per heavy atom. The standard InChI is InChI=1S/C25H21Cl2N3O3S/c26-18-7-6-8-19(17-18)29-13-15-30(16-14-29)25-24(34(31,32)20-9-2-1-3-10-20)28-23(33-25)21-11-4-5-12-22(21)27/h1-12,17H,13-16H2. The predicted octanol–water partition coefficient (Wildman–Crippen LogP) is 5.81. The van der Waals surface area contributed by atoms with Crippen LogP contribution in [0.3, 0.4) is 0 Å². The number of piperazine rings is 1. The molecule has 1 fully saturated rings. The van der Waals surface area contributed by atoms with Gasteiger partial charge in [-0.05, 0) is 42.5 Å². The Morgan fingerprint density at radius 2 is 1.47 bits per heavy atom. The summed E-state index contributed by atoms with van der Waals surface area (Å²) in [6, 6.07) is 23.0. The molecule has 1 aromatic heterocycles. The van der Waals surface area contributed by atoms with Crippen LogP contribution in [-0.4, -0.2) is 39.6 Å². The third kappa shape index (κ3) is 4.39. The molecule has 0 unspecified atom stereocenters. The maximum absolute atomic E-state index is 13.5. The van der Waals surface area contributed by atoms with Crippen LogP contribution in [0.5, 0.6) is 0 Å². The molecule has 34 heavy (non-hydrogen) atoms. The second-order valence-electron chi connectivity index (χ2n) is 7.88. The molecular weight excluding hydrogens is 493 g/mol. The summed E-state index contributed by atoms with van der Waals surface area (Å²) in [7, 11) is -3.91. The highest BCUT2D eigenvalue weighted by Gasteiger charge is 2.33. The average Bonchev–Trinajstić information content (AvgIpc) is 3.31. The van der Waals surface area contributed by atoms with Gasteiger partial charge in [0.15, 0.2) is 0 Å². The van der Waals surface area contributed by atoms with E-state index in [1.807, 2.05) is 29.2 Å². The molecule has 0 saturated carbocycles. The van der Waals surface area contributed by atoms with Crippen molar-refractivity contribution in [1.29, 1.82) is 0 Å². The molecule has 0 N–H and O–H groups in total. The highest BCUT2D eigenvalue weighted by atomic mass is 35.5. The molecule has 5 rings (SSSR count). The van der Waals surface area contributed by atoms with E-state index >= 15 is 0 Å². The number of hydrogen-bond donors (Lipinski definition) is 0. The molecule has 0 bridgehead atoms. The normalized spacial score (nSPS) is 14.4. The number of hydrogen-bond acceptors (Lipinski definition) is 6. The largest absolute Gasteiger partial charge is 0.419 e. The van der Waals surface area contributed by atoms with Gasteiger partial charge >= 0.3 is 0 Å². The first-order chi connectivity index (χ1) is 16.4. The van der Waals surface area contributed by atoms with E-state index < -0.39 is 9.84 Å². The number of aromatic nitrogens is 1. The zero-order chi connectivity index (χ0) is 23.7. The average molecular weight is 514 g/mol. The Balaban J connectivity index is 1.52. The summed E-state index contributed by atoms with van der Waals surface area (Å²) in [6.07, 6.45) is 0. The summed E-state index contributed by atoms with van der Waals surface area (Å²) in [4.78, 5) is 8.73. The molecule has 4 aromatic rings. The van der Waals surface area contributed by atoms with Crippen molar-refractivity contribution < 1.29 is 12.8 Å². The van der Waals surface area contributed by atoms with Gasteiger partial charge in [0.25, 0.3) is 0 Å². The molecule has 0 atom stereocenters. The third-order valence-electron chi connectivity index (χ3n) is 5.73. The van der Waals surface area contributed by atoms with E-state index in [0.29, 0.717) is 41.8 Å². The molecule has 0 radical (unpaired) electrons. The molecule has 1 aliphatic heterocycles. The van der Waals surface area contributed by atoms with E-state index in [9.17, 15) is 8.42 Å². The summed E-state index contributed by atoms with van der Waals surface area (Å²) in [5.74, 6) is 0.400. The van der Waals surface area contributed by atoms with E-state index in [-0.39, 0.29) is 21.7 Å². The molecule has 2 heterocycles. The highest BCUT2D eigenvalue weighted by Crippen LogP contribution is 2.37. The zero-order valence-corrected chi connectivity index (χ0v) is 20.4. The van der Waals surface area contributed by atoms with Crippen LogP contribution < -0.4 is 9.80 Å². The van der Waals surface area contributed by atoms with Gasteiger partial charge in [0.05, 0.1) is 15.5 Å².